The van der Waals surface area contributed by atoms with Crippen LogP contribution >= 0.6 is 0 Å². The van der Waals surface area contributed by atoms with Crippen LogP contribution < -0.4 is 0 Å². The summed E-state index contributed by atoms with van der Waals surface area (Å²) in [5.74, 6) is 1.58. The fourth-order valence-electron chi connectivity index (χ4n) is 6.66. The molecule has 4 aliphatic rings. The standard InChI is InChI=1S/C21H28O4/c1-12(22)25-18-11-14-15-4-5-19(24)21(15,3)9-7-16(14)20(2)8-6-13(23)10-17(18)20/h10,14-16,18H,4-9,11H2,1-3H3/t14-,15-,16-,18+,20-,21-/m1/s1. The second kappa shape index (κ2) is 5.52. The molecule has 0 aromatic heterocycles. The zero-order valence-electron chi connectivity index (χ0n) is 15.5. The molecule has 3 saturated carbocycles. The number of carbonyl (C=O) groups is 3. The van der Waals surface area contributed by atoms with Gasteiger partial charge in [0, 0.05) is 25.2 Å². The Morgan fingerprint density at radius 2 is 1.80 bits per heavy atom. The average molecular weight is 344 g/mol. The number of esters is 1. The predicted octanol–water partition coefficient (Wildman–Crippen LogP) is 3.63. The molecule has 0 spiro atoms. The summed E-state index contributed by atoms with van der Waals surface area (Å²) < 4.78 is 5.69. The van der Waals surface area contributed by atoms with Crippen molar-refractivity contribution in [2.24, 2.45) is 28.6 Å². The van der Waals surface area contributed by atoms with Gasteiger partial charge in [-0.15, -0.1) is 0 Å². The van der Waals surface area contributed by atoms with E-state index in [9.17, 15) is 14.4 Å². The van der Waals surface area contributed by atoms with E-state index in [4.69, 9.17) is 4.74 Å². The number of rotatable bonds is 1. The second-order valence-corrected chi connectivity index (χ2v) is 9.11. The van der Waals surface area contributed by atoms with Crippen molar-refractivity contribution in [3.05, 3.63) is 11.6 Å². The molecule has 0 aromatic rings. The quantitative estimate of drug-likeness (QED) is 0.682. The Balaban J connectivity index is 1.75. The zero-order chi connectivity index (χ0) is 18.0. The summed E-state index contributed by atoms with van der Waals surface area (Å²) in [5, 5.41) is 0. The summed E-state index contributed by atoms with van der Waals surface area (Å²) in [6.45, 7) is 5.86. The molecule has 3 fully saturated rings. The third-order valence-electron chi connectivity index (χ3n) is 7.97. The molecular weight excluding hydrogens is 316 g/mol. The Morgan fingerprint density at radius 3 is 2.52 bits per heavy atom. The van der Waals surface area contributed by atoms with Gasteiger partial charge in [-0.3, -0.25) is 14.4 Å². The van der Waals surface area contributed by atoms with Crippen LogP contribution in [0.2, 0.25) is 0 Å². The molecule has 0 heterocycles. The number of ether oxygens (including phenoxy) is 1. The van der Waals surface area contributed by atoms with E-state index < -0.39 is 0 Å². The molecule has 0 amide bonds. The fourth-order valence-corrected chi connectivity index (χ4v) is 6.66. The first kappa shape index (κ1) is 17.0. The van der Waals surface area contributed by atoms with Crippen LogP contribution in [0.25, 0.3) is 0 Å². The summed E-state index contributed by atoms with van der Waals surface area (Å²) in [4.78, 5) is 36.3. The number of carbonyl (C=O) groups excluding carboxylic acids is 3. The minimum Gasteiger partial charge on any atom is -0.458 e. The van der Waals surface area contributed by atoms with Crippen LogP contribution in [0.1, 0.15) is 65.7 Å². The van der Waals surface area contributed by atoms with Crippen LogP contribution in [0.3, 0.4) is 0 Å². The van der Waals surface area contributed by atoms with Crippen molar-refractivity contribution < 1.29 is 19.1 Å². The SMILES string of the molecule is CC(=O)O[C@H]1C[C@@H]2[C@H]3CCC(=O)[C@]3(C)CC[C@H]2[C@@]2(C)CCC(=O)C=C12. The molecule has 4 rings (SSSR count). The molecule has 4 nitrogen and oxygen atoms in total. The molecule has 0 unspecified atom stereocenters. The van der Waals surface area contributed by atoms with Gasteiger partial charge >= 0.3 is 5.97 Å². The van der Waals surface area contributed by atoms with Gasteiger partial charge in [0.05, 0.1) is 0 Å². The highest BCUT2D eigenvalue weighted by Crippen LogP contribution is 2.64. The smallest absolute Gasteiger partial charge is 0.303 e. The summed E-state index contributed by atoms with van der Waals surface area (Å²) in [5.41, 5.74) is 0.765. The van der Waals surface area contributed by atoms with Crippen molar-refractivity contribution in [2.75, 3.05) is 0 Å². The van der Waals surface area contributed by atoms with Crippen molar-refractivity contribution >= 4 is 17.5 Å². The van der Waals surface area contributed by atoms with E-state index in [0.717, 1.165) is 37.7 Å². The van der Waals surface area contributed by atoms with E-state index in [1.807, 2.05) is 0 Å². The molecule has 0 N–H and O–H groups in total. The molecule has 4 aliphatic carbocycles. The third kappa shape index (κ3) is 2.36. The van der Waals surface area contributed by atoms with Crippen LogP contribution in [0.4, 0.5) is 0 Å². The van der Waals surface area contributed by atoms with Gasteiger partial charge in [-0.25, -0.2) is 0 Å². The van der Waals surface area contributed by atoms with Crippen LogP contribution in [0.15, 0.2) is 11.6 Å². The molecule has 4 heteroatoms. The Kier molecular flexibility index (Phi) is 3.75. The van der Waals surface area contributed by atoms with E-state index in [1.54, 1.807) is 6.08 Å². The lowest BCUT2D eigenvalue weighted by molar-refractivity contribution is -0.154. The highest BCUT2D eigenvalue weighted by molar-refractivity contribution is 5.92. The lowest BCUT2D eigenvalue weighted by Gasteiger charge is -2.58. The monoisotopic (exact) mass is 344 g/mol. The number of fused-ring (bicyclic) bond motifs is 5. The minimum atomic E-state index is -0.300. The summed E-state index contributed by atoms with van der Waals surface area (Å²) >= 11 is 0. The number of ketones is 2. The molecule has 6 atom stereocenters. The molecule has 0 aliphatic heterocycles. The van der Waals surface area contributed by atoms with Crippen molar-refractivity contribution in [3.63, 3.8) is 0 Å². The van der Waals surface area contributed by atoms with Crippen molar-refractivity contribution in [1.29, 1.82) is 0 Å². The maximum absolute atomic E-state index is 12.5. The Hall–Kier alpha value is -1.45. The van der Waals surface area contributed by atoms with E-state index in [2.05, 4.69) is 13.8 Å². The molecule has 0 saturated heterocycles. The summed E-state index contributed by atoms with van der Waals surface area (Å²) in [6.07, 6.45) is 7.33. The van der Waals surface area contributed by atoms with Crippen molar-refractivity contribution in [3.8, 4) is 0 Å². The lowest BCUT2D eigenvalue weighted by Crippen LogP contribution is -2.54. The first-order valence-corrected chi connectivity index (χ1v) is 9.71. The number of Topliss-reactive ketones (excluding diaryl/α,β-unsaturated/α-hetero) is 1. The Bertz CT molecular complexity index is 677. The van der Waals surface area contributed by atoms with Gasteiger partial charge in [0.15, 0.2) is 5.78 Å². The second-order valence-electron chi connectivity index (χ2n) is 9.11. The molecule has 136 valence electrons. The molecule has 25 heavy (non-hydrogen) atoms. The van der Waals surface area contributed by atoms with Crippen LogP contribution in [0, 0.1) is 28.6 Å². The van der Waals surface area contributed by atoms with Gasteiger partial charge in [-0.2, -0.15) is 0 Å². The largest absolute Gasteiger partial charge is 0.458 e. The van der Waals surface area contributed by atoms with E-state index in [-0.39, 0.29) is 28.7 Å². The maximum Gasteiger partial charge on any atom is 0.303 e. The van der Waals surface area contributed by atoms with Gasteiger partial charge < -0.3 is 4.74 Å². The Morgan fingerprint density at radius 1 is 1.08 bits per heavy atom. The predicted molar refractivity (Wildman–Crippen MR) is 92.7 cm³/mol. The fraction of sp³-hybridized carbons (Fsp3) is 0.762. The average Bonchev–Trinajstić information content (AvgIpc) is 2.84. The number of hydrogen-bond donors (Lipinski definition) is 0. The van der Waals surface area contributed by atoms with Gasteiger partial charge in [0.25, 0.3) is 0 Å². The molecule has 0 radical (unpaired) electrons. The minimum absolute atomic E-state index is 0.0795. The van der Waals surface area contributed by atoms with E-state index in [1.165, 1.54) is 6.92 Å². The van der Waals surface area contributed by atoms with E-state index >= 15 is 0 Å². The Labute approximate surface area is 149 Å². The van der Waals surface area contributed by atoms with Gasteiger partial charge in [-0.05, 0) is 66.9 Å². The summed E-state index contributed by atoms with van der Waals surface area (Å²) in [6, 6.07) is 0. The van der Waals surface area contributed by atoms with Crippen LogP contribution in [0.5, 0.6) is 0 Å². The van der Waals surface area contributed by atoms with Gasteiger partial charge in [0.1, 0.15) is 11.9 Å². The number of hydrogen-bond acceptors (Lipinski definition) is 4. The maximum atomic E-state index is 12.5. The summed E-state index contributed by atoms with van der Waals surface area (Å²) in [7, 11) is 0. The first-order valence-electron chi connectivity index (χ1n) is 9.71. The highest BCUT2D eigenvalue weighted by atomic mass is 16.5. The van der Waals surface area contributed by atoms with E-state index in [0.29, 0.717) is 36.4 Å². The van der Waals surface area contributed by atoms with Crippen LogP contribution in [-0.2, 0) is 19.1 Å². The molecule has 0 bridgehead atoms. The highest BCUT2D eigenvalue weighted by Gasteiger charge is 2.61. The normalized spacial score (nSPS) is 46.0. The first-order chi connectivity index (χ1) is 11.8. The van der Waals surface area contributed by atoms with Crippen LogP contribution in [-0.4, -0.2) is 23.6 Å². The van der Waals surface area contributed by atoms with Gasteiger partial charge in [0.2, 0.25) is 0 Å². The lowest BCUT2D eigenvalue weighted by atomic mass is 9.47. The zero-order valence-corrected chi connectivity index (χ0v) is 15.5. The van der Waals surface area contributed by atoms with Gasteiger partial charge in [-0.1, -0.05) is 13.8 Å². The molecular formula is C21H28O4. The van der Waals surface area contributed by atoms with Crippen molar-refractivity contribution in [1.82, 2.24) is 0 Å². The topological polar surface area (TPSA) is 60.4 Å². The molecule has 0 aromatic carbocycles. The third-order valence-corrected chi connectivity index (χ3v) is 7.97. The van der Waals surface area contributed by atoms with Crippen molar-refractivity contribution in [2.45, 2.75) is 71.8 Å².